The fourth-order valence-electron chi connectivity index (χ4n) is 2.53. The minimum Gasteiger partial charge on any atom is -0.300 e. The van der Waals surface area contributed by atoms with E-state index in [0.717, 1.165) is 29.8 Å². The summed E-state index contributed by atoms with van der Waals surface area (Å²) in [5.41, 5.74) is 0.514. The van der Waals surface area contributed by atoms with Gasteiger partial charge in [0.25, 0.3) is 0 Å². The van der Waals surface area contributed by atoms with Gasteiger partial charge in [-0.1, -0.05) is 41.5 Å². The van der Waals surface area contributed by atoms with Crippen LogP contribution in [0, 0.1) is 6.92 Å². The van der Waals surface area contributed by atoms with E-state index >= 15 is 0 Å². The van der Waals surface area contributed by atoms with Crippen molar-refractivity contribution >= 4 is 34.0 Å². The summed E-state index contributed by atoms with van der Waals surface area (Å²) >= 11 is 7.43. The molecule has 0 radical (unpaired) electrons. The van der Waals surface area contributed by atoms with E-state index in [4.69, 9.17) is 11.6 Å². The van der Waals surface area contributed by atoms with Crippen molar-refractivity contribution in [2.75, 3.05) is 5.32 Å². The van der Waals surface area contributed by atoms with Crippen LogP contribution in [0.4, 0.5) is 5.13 Å². The molecule has 6 heteroatoms. The number of amides is 1. The lowest BCUT2D eigenvalue weighted by Crippen LogP contribution is -2.46. The van der Waals surface area contributed by atoms with Gasteiger partial charge in [-0.05, 0) is 37.5 Å². The molecule has 1 fully saturated rings. The molecule has 3 rings (SSSR count). The molecule has 0 atom stereocenters. The molecule has 1 aliphatic carbocycles. The Labute approximate surface area is 126 Å². The average Bonchev–Trinajstić information content (AvgIpc) is 2.73. The van der Waals surface area contributed by atoms with Gasteiger partial charge in [-0.2, -0.15) is 0 Å². The number of aromatic nitrogens is 2. The number of hydrogen-bond donors (Lipinski definition) is 1. The quantitative estimate of drug-likeness (QED) is 0.943. The zero-order valence-electron chi connectivity index (χ0n) is 11.0. The number of carbonyl (C=O) groups is 1. The van der Waals surface area contributed by atoms with E-state index in [2.05, 4.69) is 15.5 Å². The molecule has 1 saturated carbocycles. The highest BCUT2D eigenvalue weighted by Gasteiger charge is 2.46. The summed E-state index contributed by atoms with van der Waals surface area (Å²) in [6, 6.07) is 7.56. The molecule has 1 heterocycles. The second kappa shape index (κ2) is 5.14. The molecule has 20 heavy (non-hydrogen) atoms. The third kappa shape index (κ3) is 2.31. The van der Waals surface area contributed by atoms with Crippen molar-refractivity contribution in [2.24, 2.45) is 0 Å². The summed E-state index contributed by atoms with van der Waals surface area (Å²) in [7, 11) is 0. The Morgan fingerprint density at radius 2 is 2.20 bits per heavy atom. The highest BCUT2D eigenvalue weighted by atomic mass is 35.5. The van der Waals surface area contributed by atoms with Crippen LogP contribution in [0.3, 0.4) is 0 Å². The van der Waals surface area contributed by atoms with Gasteiger partial charge in [-0.25, -0.2) is 0 Å². The molecule has 0 spiro atoms. The third-order valence-electron chi connectivity index (χ3n) is 3.77. The molecular weight excluding hydrogens is 294 g/mol. The molecule has 0 saturated heterocycles. The molecule has 0 unspecified atom stereocenters. The van der Waals surface area contributed by atoms with Crippen LogP contribution in [0.1, 0.15) is 29.8 Å². The maximum atomic E-state index is 12.6. The summed E-state index contributed by atoms with van der Waals surface area (Å²) in [6.45, 7) is 1.86. The zero-order valence-corrected chi connectivity index (χ0v) is 12.6. The number of nitrogens with zero attached hydrogens (tertiary/aromatic N) is 2. The van der Waals surface area contributed by atoms with E-state index in [1.807, 2.05) is 31.2 Å². The molecule has 104 valence electrons. The van der Waals surface area contributed by atoms with Crippen LogP contribution in [0.5, 0.6) is 0 Å². The first kappa shape index (κ1) is 13.5. The largest absolute Gasteiger partial charge is 0.300 e. The van der Waals surface area contributed by atoms with Gasteiger partial charge in [-0.3, -0.25) is 10.1 Å². The van der Waals surface area contributed by atoms with Gasteiger partial charge in [0.05, 0.1) is 5.41 Å². The van der Waals surface area contributed by atoms with E-state index in [1.165, 1.54) is 11.3 Å². The summed E-state index contributed by atoms with van der Waals surface area (Å²) in [5.74, 6) is -0.0119. The Morgan fingerprint density at radius 1 is 1.40 bits per heavy atom. The highest BCUT2D eigenvalue weighted by molar-refractivity contribution is 7.15. The number of halogens is 1. The van der Waals surface area contributed by atoms with Gasteiger partial charge in [0.1, 0.15) is 5.01 Å². The Bertz CT molecular complexity index is 651. The van der Waals surface area contributed by atoms with Gasteiger partial charge < -0.3 is 0 Å². The standard InChI is InChI=1S/C14H14ClN3OS/c1-9-17-18-13(20-9)16-12(19)14(6-3-7-14)10-4-2-5-11(15)8-10/h2,4-5,8H,3,6-7H2,1H3,(H,16,18,19). The van der Waals surface area contributed by atoms with E-state index in [1.54, 1.807) is 0 Å². The fourth-order valence-corrected chi connectivity index (χ4v) is 3.30. The SMILES string of the molecule is Cc1nnc(NC(=O)C2(c3cccc(Cl)c3)CCC2)s1. The van der Waals surface area contributed by atoms with Crippen LogP contribution >= 0.6 is 22.9 Å². The number of nitrogens with one attached hydrogen (secondary N) is 1. The second-order valence-electron chi connectivity index (χ2n) is 5.03. The van der Waals surface area contributed by atoms with Gasteiger partial charge in [0.2, 0.25) is 11.0 Å². The van der Waals surface area contributed by atoms with Crippen molar-refractivity contribution in [1.29, 1.82) is 0 Å². The third-order valence-corrected chi connectivity index (χ3v) is 4.75. The summed E-state index contributed by atoms with van der Waals surface area (Å²) in [5, 5.41) is 12.8. The van der Waals surface area contributed by atoms with Crippen molar-refractivity contribution in [1.82, 2.24) is 10.2 Å². The maximum Gasteiger partial charge on any atom is 0.236 e. The Balaban J connectivity index is 1.87. The highest BCUT2D eigenvalue weighted by Crippen LogP contribution is 2.45. The molecule has 1 amide bonds. The van der Waals surface area contributed by atoms with E-state index in [0.29, 0.717) is 10.2 Å². The van der Waals surface area contributed by atoms with Crippen LogP contribution in [-0.4, -0.2) is 16.1 Å². The number of aryl methyl sites for hydroxylation is 1. The molecule has 1 aliphatic rings. The van der Waals surface area contributed by atoms with Gasteiger partial charge in [0, 0.05) is 5.02 Å². The van der Waals surface area contributed by atoms with Crippen molar-refractivity contribution in [3.8, 4) is 0 Å². The lowest BCUT2D eigenvalue weighted by molar-refractivity contribution is -0.124. The number of carbonyl (C=O) groups excluding carboxylic acids is 1. The maximum absolute atomic E-state index is 12.6. The van der Waals surface area contributed by atoms with Crippen molar-refractivity contribution in [3.05, 3.63) is 39.9 Å². The van der Waals surface area contributed by atoms with Crippen LogP contribution < -0.4 is 5.32 Å². The van der Waals surface area contributed by atoms with E-state index in [-0.39, 0.29) is 5.91 Å². The van der Waals surface area contributed by atoms with E-state index < -0.39 is 5.41 Å². The van der Waals surface area contributed by atoms with Gasteiger partial charge >= 0.3 is 0 Å². The molecule has 0 aliphatic heterocycles. The predicted molar refractivity (Wildman–Crippen MR) is 80.3 cm³/mol. The predicted octanol–water partition coefficient (Wildman–Crippen LogP) is 3.56. The van der Waals surface area contributed by atoms with Crippen LogP contribution in [0.15, 0.2) is 24.3 Å². The minimum absolute atomic E-state index is 0.0119. The minimum atomic E-state index is -0.468. The Kier molecular flexibility index (Phi) is 3.48. The van der Waals surface area contributed by atoms with Gasteiger partial charge in [0.15, 0.2) is 0 Å². The molecular formula is C14H14ClN3OS. The lowest BCUT2D eigenvalue weighted by Gasteiger charge is -2.40. The number of anilines is 1. The topological polar surface area (TPSA) is 54.9 Å². The fraction of sp³-hybridized carbons (Fsp3) is 0.357. The molecule has 1 aromatic heterocycles. The summed E-state index contributed by atoms with van der Waals surface area (Å²) < 4.78 is 0. The zero-order chi connectivity index (χ0) is 14.2. The lowest BCUT2D eigenvalue weighted by atomic mass is 9.64. The molecule has 1 N–H and O–H groups in total. The molecule has 0 bridgehead atoms. The molecule has 1 aromatic carbocycles. The number of hydrogen-bond acceptors (Lipinski definition) is 4. The number of rotatable bonds is 3. The molecule has 2 aromatic rings. The van der Waals surface area contributed by atoms with Crippen molar-refractivity contribution in [2.45, 2.75) is 31.6 Å². The van der Waals surface area contributed by atoms with Crippen molar-refractivity contribution in [3.63, 3.8) is 0 Å². The Hall–Kier alpha value is -1.46. The van der Waals surface area contributed by atoms with Crippen LogP contribution in [-0.2, 0) is 10.2 Å². The number of benzene rings is 1. The van der Waals surface area contributed by atoms with Crippen LogP contribution in [0.25, 0.3) is 0 Å². The summed E-state index contributed by atoms with van der Waals surface area (Å²) in [6.07, 6.45) is 2.74. The van der Waals surface area contributed by atoms with Gasteiger partial charge in [-0.15, -0.1) is 10.2 Å². The smallest absolute Gasteiger partial charge is 0.236 e. The average molecular weight is 308 g/mol. The van der Waals surface area contributed by atoms with Crippen molar-refractivity contribution < 1.29 is 4.79 Å². The monoisotopic (exact) mass is 307 g/mol. The summed E-state index contributed by atoms with van der Waals surface area (Å²) in [4.78, 5) is 12.6. The normalized spacial score (nSPS) is 16.5. The van der Waals surface area contributed by atoms with E-state index in [9.17, 15) is 4.79 Å². The first-order valence-corrected chi connectivity index (χ1v) is 7.67. The first-order valence-electron chi connectivity index (χ1n) is 6.48. The van der Waals surface area contributed by atoms with Crippen LogP contribution in [0.2, 0.25) is 5.02 Å². The molecule has 4 nitrogen and oxygen atoms in total. The second-order valence-corrected chi connectivity index (χ2v) is 6.64. The Morgan fingerprint density at radius 3 is 2.75 bits per heavy atom. The first-order chi connectivity index (χ1) is 9.60.